The second kappa shape index (κ2) is 10.8. The molecule has 2 aromatic carbocycles. The van der Waals surface area contributed by atoms with Gasteiger partial charge in [-0.2, -0.15) is 0 Å². The van der Waals surface area contributed by atoms with Crippen LogP contribution in [0.15, 0.2) is 42.5 Å². The van der Waals surface area contributed by atoms with Gasteiger partial charge in [-0.1, -0.05) is 12.1 Å². The predicted octanol–water partition coefficient (Wildman–Crippen LogP) is -0.688. The van der Waals surface area contributed by atoms with Crippen LogP contribution in [-0.2, 0) is 17.9 Å². The first-order chi connectivity index (χ1) is 14.6. The van der Waals surface area contributed by atoms with Crippen molar-refractivity contribution in [3.63, 3.8) is 0 Å². The van der Waals surface area contributed by atoms with E-state index < -0.39 is 0 Å². The van der Waals surface area contributed by atoms with Gasteiger partial charge in [0.2, 0.25) is 0 Å². The molecular weight excluding hydrogens is 382 g/mol. The predicted molar refractivity (Wildman–Crippen MR) is 114 cm³/mol. The molecule has 30 heavy (non-hydrogen) atoms. The number of carbonyl (C=O) groups excluding carboxylic acids is 1. The van der Waals surface area contributed by atoms with Crippen LogP contribution in [0.3, 0.4) is 0 Å². The lowest BCUT2D eigenvalue weighted by Crippen LogP contribution is -3.28. The van der Waals surface area contributed by atoms with Crippen LogP contribution < -0.4 is 29.3 Å². The molecule has 0 radical (unpaired) electrons. The third-order valence-corrected chi connectivity index (χ3v) is 5.60. The summed E-state index contributed by atoms with van der Waals surface area (Å²) in [5.74, 6) is 2.42. The summed E-state index contributed by atoms with van der Waals surface area (Å²) in [7, 11) is 4.96. The Labute approximate surface area is 178 Å². The number of quaternary nitrogens is 2. The van der Waals surface area contributed by atoms with Crippen molar-refractivity contribution in [2.24, 2.45) is 0 Å². The standard InChI is InChI=1S/C23H31N3O4/c1-28-20-6-4-5-18(13-20)15-24-23(27)17-26-11-9-25(10-12-26)16-19-7-8-21(29-2)22(14-19)30-3/h4-8,13-14H,9-12,15-17H2,1-3H3,(H,24,27)/p+2. The van der Waals surface area contributed by atoms with Crippen molar-refractivity contribution in [3.8, 4) is 17.2 Å². The highest BCUT2D eigenvalue weighted by Gasteiger charge is 2.25. The van der Waals surface area contributed by atoms with Crippen LogP contribution in [0.1, 0.15) is 11.1 Å². The van der Waals surface area contributed by atoms with Crippen LogP contribution >= 0.6 is 0 Å². The van der Waals surface area contributed by atoms with E-state index in [1.807, 2.05) is 30.3 Å². The summed E-state index contributed by atoms with van der Waals surface area (Å²) < 4.78 is 15.9. The largest absolute Gasteiger partial charge is 0.497 e. The van der Waals surface area contributed by atoms with E-state index in [-0.39, 0.29) is 5.91 Å². The Morgan fingerprint density at radius 2 is 1.60 bits per heavy atom. The zero-order chi connectivity index (χ0) is 21.3. The summed E-state index contributed by atoms with van der Waals surface area (Å²) >= 11 is 0. The minimum atomic E-state index is 0.0937. The third-order valence-electron chi connectivity index (χ3n) is 5.60. The lowest BCUT2D eigenvalue weighted by atomic mass is 10.1. The van der Waals surface area contributed by atoms with E-state index in [2.05, 4.69) is 17.4 Å². The average Bonchev–Trinajstić information content (AvgIpc) is 2.79. The molecule has 0 spiro atoms. The van der Waals surface area contributed by atoms with E-state index in [4.69, 9.17) is 14.2 Å². The van der Waals surface area contributed by atoms with Gasteiger partial charge < -0.3 is 29.3 Å². The summed E-state index contributed by atoms with van der Waals surface area (Å²) in [4.78, 5) is 15.2. The Hall–Kier alpha value is -2.77. The first-order valence-electron chi connectivity index (χ1n) is 10.4. The molecule has 3 N–H and O–H groups in total. The molecule has 0 atom stereocenters. The number of nitrogens with one attached hydrogen (secondary N) is 3. The van der Waals surface area contributed by atoms with Gasteiger partial charge in [-0.05, 0) is 35.9 Å². The molecule has 7 nitrogen and oxygen atoms in total. The van der Waals surface area contributed by atoms with Crippen LogP contribution in [0.2, 0.25) is 0 Å². The first kappa shape index (κ1) is 21.9. The molecule has 1 aliphatic rings. The first-order valence-corrected chi connectivity index (χ1v) is 10.4. The van der Waals surface area contributed by atoms with Gasteiger partial charge >= 0.3 is 0 Å². The van der Waals surface area contributed by atoms with Crippen LogP contribution in [0.4, 0.5) is 0 Å². The van der Waals surface area contributed by atoms with Crippen molar-refractivity contribution in [2.75, 3.05) is 54.1 Å². The summed E-state index contributed by atoms with van der Waals surface area (Å²) in [6, 6.07) is 13.9. The third kappa shape index (κ3) is 6.11. The summed E-state index contributed by atoms with van der Waals surface area (Å²) in [5.41, 5.74) is 2.28. The lowest BCUT2D eigenvalue weighted by molar-refractivity contribution is -1.02. The van der Waals surface area contributed by atoms with Crippen molar-refractivity contribution < 1.29 is 28.8 Å². The van der Waals surface area contributed by atoms with Crippen molar-refractivity contribution in [2.45, 2.75) is 13.1 Å². The van der Waals surface area contributed by atoms with Gasteiger partial charge in [0, 0.05) is 12.1 Å². The maximum Gasteiger partial charge on any atom is 0.275 e. The Morgan fingerprint density at radius 3 is 2.30 bits per heavy atom. The van der Waals surface area contributed by atoms with Crippen LogP contribution in [-0.4, -0.2) is 60.0 Å². The number of ether oxygens (including phenoxy) is 3. The molecular formula is C23H33N3O4+2. The Balaban J connectivity index is 1.41. The van der Waals surface area contributed by atoms with E-state index in [9.17, 15) is 4.79 Å². The van der Waals surface area contributed by atoms with Crippen LogP contribution in [0.25, 0.3) is 0 Å². The molecule has 1 fully saturated rings. The minimum absolute atomic E-state index is 0.0937. The Bertz CT molecular complexity index is 835. The van der Waals surface area contributed by atoms with E-state index in [1.165, 1.54) is 15.4 Å². The Kier molecular flexibility index (Phi) is 7.93. The van der Waals surface area contributed by atoms with Gasteiger partial charge in [0.15, 0.2) is 18.0 Å². The highest BCUT2D eigenvalue weighted by atomic mass is 16.5. The van der Waals surface area contributed by atoms with Crippen LogP contribution in [0.5, 0.6) is 17.2 Å². The fourth-order valence-corrected chi connectivity index (χ4v) is 3.86. The van der Waals surface area contributed by atoms with Crippen molar-refractivity contribution in [1.29, 1.82) is 0 Å². The van der Waals surface area contributed by atoms with Gasteiger partial charge in [0.1, 0.15) is 38.5 Å². The van der Waals surface area contributed by atoms with Gasteiger partial charge in [0.05, 0.1) is 21.3 Å². The van der Waals surface area contributed by atoms with E-state index in [0.717, 1.165) is 55.5 Å². The van der Waals surface area contributed by atoms with E-state index >= 15 is 0 Å². The topological polar surface area (TPSA) is 65.7 Å². The number of amides is 1. The highest BCUT2D eigenvalue weighted by Crippen LogP contribution is 2.27. The fourth-order valence-electron chi connectivity index (χ4n) is 3.86. The van der Waals surface area contributed by atoms with E-state index in [1.54, 1.807) is 21.3 Å². The molecule has 0 aromatic heterocycles. The molecule has 1 aliphatic heterocycles. The van der Waals surface area contributed by atoms with Crippen LogP contribution in [0, 0.1) is 0 Å². The SMILES string of the molecule is COc1cccc(CNC(=O)C[NH+]2CC[NH+](Cc3ccc(OC)c(OC)c3)CC2)c1. The summed E-state index contributed by atoms with van der Waals surface area (Å²) in [5, 5.41) is 3.02. The molecule has 162 valence electrons. The van der Waals surface area contributed by atoms with Gasteiger partial charge in [0.25, 0.3) is 5.91 Å². The zero-order valence-corrected chi connectivity index (χ0v) is 18.1. The van der Waals surface area contributed by atoms with Gasteiger partial charge in [-0.15, -0.1) is 0 Å². The molecule has 0 aliphatic carbocycles. The lowest BCUT2D eigenvalue weighted by Gasteiger charge is -2.29. The highest BCUT2D eigenvalue weighted by molar-refractivity contribution is 5.76. The Morgan fingerprint density at radius 1 is 0.867 bits per heavy atom. The zero-order valence-electron chi connectivity index (χ0n) is 18.1. The smallest absolute Gasteiger partial charge is 0.275 e. The van der Waals surface area contributed by atoms with Gasteiger partial charge in [-0.3, -0.25) is 4.79 Å². The molecule has 1 heterocycles. The molecule has 1 amide bonds. The number of benzene rings is 2. The molecule has 0 saturated carbocycles. The monoisotopic (exact) mass is 415 g/mol. The van der Waals surface area contributed by atoms with Crippen molar-refractivity contribution in [3.05, 3.63) is 53.6 Å². The molecule has 0 bridgehead atoms. The second-order valence-corrected chi connectivity index (χ2v) is 7.67. The number of methoxy groups -OCH3 is 3. The fraction of sp³-hybridized carbons (Fsp3) is 0.435. The molecule has 1 saturated heterocycles. The number of piperazine rings is 1. The molecule has 7 heteroatoms. The summed E-state index contributed by atoms with van der Waals surface area (Å²) in [6.45, 7) is 6.09. The molecule has 2 aromatic rings. The van der Waals surface area contributed by atoms with Gasteiger partial charge in [-0.25, -0.2) is 0 Å². The number of hydrogen-bond acceptors (Lipinski definition) is 4. The molecule has 0 unspecified atom stereocenters. The normalized spacial score (nSPS) is 18.5. The second-order valence-electron chi connectivity index (χ2n) is 7.67. The van der Waals surface area contributed by atoms with Crippen molar-refractivity contribution >= 4 is 5.91 Å². The molecule has 3 rings (SSSR count). The van der Waals surface area contributed by atoms with Crippen molar-refractivity contribution in [1.82, 2.24) is 5.32 Å². The summed E-state index contributed by atoms with van der Waals surface area (Å²) in [6.07, 6.45) is 0. The maximum atomic E-state index is 12.3. The quantitative estimate of drug-likeness (QED) is 0.508. The van der Waals surface area contributed by atoms with E-state index in [0.29, 0.717) is 13.1 Å². The minimum Gasteiger partial charge on any atom is -0.497 e. The number of rotatable bonds is 9. The number of hydrogen-bond donors (Lipinski definition) is 3. The number of carbonyl (C=O) groups is 1. The maximum absolute atomic E-state index is 12.3. The average molecular weight is 416 g/mol.